The van der Waals surface area contributed by atoms with Gasteiger partial charge in [0.15, 0.2) is 0 Å². The third kappa shape index (κ3) is 4.13. The number of benzene rings is 2. The minimum Gasteiger partial charge on any atom is -0.348 e. The van der Waals surface area contributed by atoms with Crippen LogP contribution < -0.4 is 5.32 Å². The van der Waals surface area contributed by atoms with Gasteiger partial charge in [-0.25, -0.2) is 18.1 Å². The van der Waals surface area contributed by atoms with Gasteiger partial charge in [0.1, 0.15) is 5.65 Å². The Morgan fingerprint density at radius 2 is 1.76 bits per heavy atom. The van der Waals surface area contributed by atoms with E-state index >= 15 is 0 Å². The van der Waals surface area contributed by atoms with E-state index in [0.717, 1.165) is 11.2 Å². The molecular weight excluding hydrogens is 438 g/mol. The quantitative estimate of drug-likeness (QED) is 0.422. The second kappa shape index (κ2) is 8.36. The Bertz CT molecular complexity index is 1540. The normalized spacial score (nSPS) is 11.5. The van der Waals surface area contributed by atoms with Crippen molar-refractivity contribution in [2.75, 3.05) is 0 Å². The first kappa shape index (κ1) is 20.7. The number of amides is 1. The molecule has 0 aliphatic rings. The highest BCUT2D eigenvalue weighted by atomic mass is 32.2. The molecule has 0 aliphatic heterocycles. The van der Waals surface area contributed by atoms with Crippen LogP contribution in [0.25, 0.3) is 11.3 Å². The second-order valence-electron chi connectivity index (χ2n) is 7.39. The molecule has 2 aromatic carbocycles. The van der Waals surface area contributed by atoms with Crippen LogP contribution in [-0.4, -0.2) is 33.5 Å². The minimum absolute atomic E-state index is 0.181. The molecule has 0 aliphatic carbocycles. The largest absolute Gasteiger partial charge is 0.348 e. The summed E-state index contributed by atoms with van der Waals surface area (Å²) in [4.78, 5) is 17.0. The molecule has 8 nitrogen and oxygen atoms in total. The van der Waals surface area contributed by atoms with Gasteiger partial charge < -0.3 is 9.72 Å². The van der Waals surface area contributed by atoms with Gasteiger partial charge in [-0.15, -0.1) is 0 Å². The summed E-state index contributed by atoms with van der Waals surface area (Å²) in [5, 5.41) is 7.00. The summed E-state index contributed by atoms with van der Waals surface area (Å²) in [7, 11) is -3.70. The van der Waals surface area contributed by atoms with Gasteiger partial charge in [0.2, 0.25) is 9.84 Å². The number of aromatic nitrogens is 4. The van der Waals surface area contributed by atoms with Gasteiger partial charge in [0.05, 0.1) is 21.0 Å². The first-order chi connectivity index (χ1) is 16.0. The molecular formula is C24H19N5O3S. The molecule has 0 atom stereocenters. The lowest BCUT2D eigenvalue weighted by atomic mass is 10.2. The summed E-state index contributed by atoms with van der Waals surface area (Å²) in [6.07, 6.45) is 8.54. The SMILES string of the molecule is O=C(NCc1ccc(S(=O)(=O)c2cccc(-n3cccn3)c2)cc1)c1ccc2nccn2c1. The highest BCUT2D eigenvalue weighted by molar-refractivity contribution is 7.91. The fourth-order valence-corrected chi connectivity index (χ4v) is 4.78. The monoisotopic (exact) mass is 457 g/mol. The predicted molar refractivity (Wildman–Crippen MR) is 122 cm³/mol. The van der Waals surface area contributed by atoms with Crippen LogP contribution in [0, 0.1) is 0 Å². The molecule has 5 rings (SSSR count). The van der Waals surface area contributed by atoms with Crippen LogP contribution in [0.4, 0.5) is 0 Å². The summed E-state index contributed by atoms with van der Waals surface area (Å²) in [6.45, 7) is 0.274. The predicted octanol–water partition coefficient (Wildman–Crippen LogP) is 3.28. The highest BCUT2D eigenvalue weighted by Gasteiger charge is 2.18. The van der Waals surface area contributed by atoms with Crippen molar-refractivity contribution in [3.8, 4) is 5.69 Å². The van der Waals surface area contributed by atoms with E-state index in [1.54, 1.807) is 107 Å². The molecule has 1 amide bonds. The number of pyridine rings is 1. The summed E-state index contributed by atoms with van der Waals surface area (Å²) in [6, 6.07) is 18.4. The van der Waals surface area contributed by atoms with Gasteiger partial charge in [-0.3, -0.25) is 4.79 Å². The van der Waals surface area contributed by atoms with Crippen LogP contribution >= 0.6 is 0 Å². The molecule has 3 aromatic heterocycles. The summed E-state index contributed by atoms with van der Waals surface area (Å²) in [5.74, 6) is -0.224. The van der Waals surface area contributed by atoms with Crippen molar-refractivity contribution in [1.82, 2.24) is 24.5 Å². The molecule has 1 N–H and O–H groups in total. The van der Waals surface area contributed by atoms with Crippen molar-refractivity contribution in [2.45, 2.75) is 16.3 Å². The molecule has 0 fully saturated rings. The van der Waals surface area contributed by atoms with Crippen LogP contribution in [0.5, 0.6) is 0 Å². The third-order valence-electron chi connectivity index (χ3n) is 5.23. The molecule has 0 bridgehead atoms. The molecule has 0 saturated carbocycles. The number of rotatable bonds is 6. The molecule has 0 unspecified atom stereocenters. The average Bonchev–Trinajstić information content (AvgIpc) is 3.55. The van der Waals surface area contributed by atoms with Gasteiger partial charge in [-0.1, -0.05) is 18.2 Å². The standard InChI is InChI=1S/C24H19N5O3S/c30-24(19-7-10-23-25-12-14-28(23)17-19)26-16-18-5-8-21(9-6-18)33(31,32)22-4-1-3-20(15-22)29-13-2-11-27-29/h1-15,17H,16H2,(H,26,30). The summed E-state index contributed by atoms with van der Waals surface area (Å²) in [5.41, 5.74) is 2.72. The maximum atomic E-state index is 13.1. The van der Waals surface area contributed by atoms with Crippen molar-refractivity contribution < 1.29 is 13.2 Å². The van der Waals surface area contributed by atoms with Crippen LogP contribution in [-0.2, 0) is 16.4 Å². The molecule has 3 heterocycles. The zero-order valence-electron chi connectivity index (χ0n) is 17.4. The second-order valence-corrected chi connectivity index (χ2v) is 9.34. The number of carbonyl (C=O) groups is 1. The summed E-state index contributed by atoms with van der Waals surface area (Å²) < 4.78 is 29.6. The Balaban J connectivity index is 1.30. The fourth-order valence-electron chi connectivity index (χ4n) is 3.48. The zero-order chi connectivity index (χ0) is 22.8. The molecule has 164 valence electrons. The lowest BCUT2D eigenvalue weighted by molar-refractivity contribution is 0.0950. The lowest BCUT2D eigenvalue weighted by Gasteiger charge is -2.09. The molecule has 0 spiro atoms. The van der Waals surface area contributed by atoms with Crippen LogP contribution in [0.15, 0.2) is 108 Å². The number of nitrogens with zero attached hydrogens (tertiary/aromatic N) is 4. The van der Waals surface area contributed by atoms with Gasteiger partial charge in [0.25, 0.3) is 5.91 Å². The van der Waals surface area contributed by atoms with E-state index in [2.05, 4.69) is 15.4 Å². The Morgan fingerprint density at radius 3 is 2.55 bits per heavy atom. The molecule has 5 aromatic rings. The van der Waals surface area contributed by atoms with E-state index in [1.165, 1.54) is 0 Å². The minimum atomic E-state index is -3.70. The lowest BCUT2D eigenvalue weighted by Crippen LogP contribution is -2.23. The van der Waals surface area contributed by atoms with Crippen molar-refractivity contribution in [3.63, 3.8) is 0 Å². The van der Waals surface area contributed by atoms with Crippen LogP contribution in [0.2, 0.25) is 0 Å². The summed E-state index contributed by atoms with van der Waals surface area (Å²) >= 11 is 0. The molecule has 0 saturated heterocycles. The third-order valence-corrected chi connectivity index (χ3v) is 7.00. The number of carbonyl (C=O) groups excluding carboxylic acids is 1. The van der Waals surface area contributed by atoms with Gasteiger partial charge in [-0.05, 0) is 54.1 Å². The van der Waals surface area contributed by atoms with Crippen molar-refractivity contribution in [3.05, 3.63) is 109 Å². The van der Waals surface area contributed by atoms with Gasteiger partial charge in [0, 0.05) is 37.5 Å². The number of sulfone groups is 1. The van der Waals surface area contributed by atoms with E-state index < -0.39 is 9.84 Å². The van der Waals surface area contributed by atoms with E-state index in [-0.39, 0.29) is 22.2 Å². The number of imidazole rings is 1. The van der Waals surface area contributed by atoms with E-state index in [1.807, 2.05) is 0 Å². The fraction of sp³-hybridized carbons (Fsp3) is 0.0417. The smallest absolute Gasteiger partial charge is 0.253 e. The Morgan fingerprint density at radius 1 is 0.909 bits per heavy atom. The first-order valence-corrected chi connectivity index (χ1v) is 11.6. The molecule has 33 heavy (non-hydrogen) atoms. The van der Waals surface area contributed by atoms with Crippen molar-refractivity contribution >= 4 is 21.4 Å². The zero-order valence-corrected chi connectivity index (χ0v) is 18.2. The topological polar surface area (TPSA) is 98.4 Å². The number of nitrogens with one attached hydrogen (secondary N) is 1. The van der Waals surface area contributed by atoms with Crippen molar-refractivity contribution in [2.24, 2.45) is 0 Å². The number of hydrogen-bond donors (Lipinski definition) is 1. The highest BCUT2D eigenvalue weighted by Crippen LogP contribution is 2.23. The Hall–Kier alpha value is -4.24. The van der Waals surface area contributed by atoms with Crippen LogP contribution in [0.3, 0.4) is 0 Å². The molecule has 0 radical (unpaired) electrons. The van der Waals surface area contributed by atoms with Crippen LogP contribution in [0.1, 0.15) is 15.9 Å². The Labute approximate surface area is 190 Å². The Kier molecular flexibility index (Phi) is 5.23. The molecule has 9 heteroatoms. The van der Waals surface area contributed by atoms with Gasteiger partial charge in [-0.2, -0.15) is 5.10 Å². The average molecular weight is 458 g/mol. The van der Waals surface area contributed by atoms with E-state index in [0.29, 0.717) is 11.3 Å². The first-order valence-electron chi connectivity index (χ1n) is 10.2. The van der Waals surface area contributed by atoms with E-state index in [9.17, 15) is 13.2 Å². The maximum Gasteiger partial charge on any atom is 0.253 e. The van der Waals surface area contributed by atoms with Gasteiger partial charge >= 0.3 is 0 Å². The number of hydrogen-bond acceptors (Lipinski definition) is 5. The van der Waals surface area contributed by atoms with Crippen molar-refractivity contribution in [1.29, 1.82) is 0 Å². The van der Waals surface area contributed by atoms with E-state index in [4.69, 9.17) is 0 Å². The maximum absolute atomic E-state index is 13.1. The number of fused-ring (bicyclic) bond motifs is 1.